The SMILES string of the molecule is CCC(C)CCCCCCCCCCCCC(=O)O[C@H](COC(=O)CCCCCCCCCC(C)C)COP(=O)(O)OCC(O)COP(=O)(O)OC[C@@H](COC(=O)CCCCCCCCCCC(C)CC)OC(=O)CCCCCCCCC(C)C. The zero-order valence-electron chi connectivity index (χ0n) is 55.2. The Balaban J connectivity index is 5.25. The monoisotopic (exact) mass is 1250 g/mol. The first kappa shape index (κ1) is 83.1. The minimum Gasteiger partial charge on any atom is -0.462 e. The molecule has 0 bridgehead atoms. The largest absolute Gasteiger partial charge is 0.472 e. The molecular formula is C66H128O17P2. The molecule has 0 aromatic rings. The molecule has 0 fully saturated rings. The molecule has 0 aromatic carbocycles. The van der Waals surface area contributed by atoms with Crippen molar-refractivity contribution >= 4 is 39.5 Å². The average molecular weight is 1260 g/mol. The van der Waals surface area contributed by atoms with Crippen molar-refractivity contribution in [2.24, 2.45) is 23.7 Å². The van der Waals surface area contributed by atoms with E-state index in [4.69, 9.17) is 37.0 Å². The van der Waals surface area contributed by atoms with Gasteiger partial charge < -0.3 is 33.8 Å². The highest BCUT2D eigenvalue weighted by atomic mass is 31.2. The molecule has 0 aromatic heterocycles. The molecule has 0 rings (SSSR count). The lowest BCUT2D eigenvalue weighted by Gasteiger charge is -2.21. The van der Waals surface area contributed by atoms with E-state index in [9.17, 15) is 43.2 Å². The van der Waals surface area contributed by atoms with E-state index in [1.807, 2.05) is 0 Å². The first-order chi connectivity index (χ1) is 40.7. The van der Waals surface area contributed by atoms with Crippen LogP contribution in [-0.4, -0.2) is 96.7 Å². The third kappa shape index (κ3) is 58.2. The summed E-state index contributed by atoms with van der Waals surface area (Å²) in [5.74, 6) is 0.815. The summed E-state index contributed by atoms with van der Waals surface area (Å²) in [5, 5.41) is 10.5. The molecule has 0 aliphatic carbocycles. The van der Waals surface area contributed by atoms with Gasteiger partial charge in [0.05, 0.1) is 26.4 Å². The van der Waals surface area contributed by atoms with Crippen molar-refractivity contribution in [2.45, 2.75) is 337 Å². The molecule has 85 heavy (non-hydrogen) atoms. The van der Waals surface area contributed by atoms with E-state index >= 15 is 0 Å². The molecule has 0 aliphatic heterocycles. The Kier molecular flexibility index (Phi) is 54.8. The smallest absolute Gasteiger partial charge is 0.462 e. The van der Waals surface area contributed by atoms with Crippen molar-refractivity contribution in [2.75, 3.05) is 39.6 Å². The van der Waals surface area contributed by atoms with E-state index in [2.05, 4.69) is 55.4 Å². The van der Waals surface area contributed by atoms with Gasteiger partial charge in [0.25, 0.3) is 0 Å². The predicted molar refractivity (Wildman–Crippen MR) is 340 cm³/mol. The molecule has 19 heteroatoms. The topological polar surface area (TPSA) is 237 Å². The second-order valence-electron chi connectivity index (χ2n) is 25.3. The van der Waals surface area contributed by atoms with Crippen molar-refractivity contribution in [3.63, 3.8) is 0 Å². The van der Waals surface area contributed by atoms with Crippen LogP contribution in [0.15, 0.2) is 0 Å². The molecule has 0 saturated carbocycles. The van der Waals surface area contributed by atoms with Gasteiger partial charge in [0.2, 0.25) is 0 Å². The number of hydrogen-bond acceptors (Lipinski definition) is 15. The number of aliphatic hydroxyl groups excluding tert-OH is 1. The summed E-state index contributed by atoms with van der Waals surface area (Å²) in [7, 11) is -9.89. The van der Waals surface area contributed by atoms with Gasteiger partial charge >= 0.3 is 39.5 Å². The normalized spacial score (nSPS) is 15.0. The summed E-state index contributed by atoms with van der Waals surface area (Å²) >= 11 is 0. The van der Waals surface area contributed by atoms with Gasteiger partial charge in [0.15, 0.2) is 12.2 Å². The number of aliphatic hydroxyl groups is 1. The number of carbonyl (C=O) groups is 4. The fraction of sp³-hybridized carbons (Fsp3) is 0.939. The summed E-state index contributed by atoms with van der Waals surface area (Å²) in [6, 6.07) is 0. The van der Waals surface area contributed by atoms with E-state index < -0.39 is 97.5 Å². The highest BCUT2D eigenvalue weighted by Gasteiger charge is 2.30. The lowest BCUT2D eigenvalue weighted by atomic mass is 9.99. The Bertz CT molecular complexity index is 1700. The quantitative estimate of drug-likeness (QED) is 0.0222. The molecule has 17 nitrogen and oxygen atoms in total. The Labute approximate surface area is 517 Å². The fourth-order valence-corrected chi connectivity index (χ4v) is 11.3. The molecule has 0 radical (unpaired) electrons. The van der Waals surface area contributed by atoms with Crippen molar-refractivity contribution in [3.8, 4) is 0 Å². The molecule has 0 aliphatic rings. The first-order valence-corrected chi connectivity index (χ1v) is 37.3. The summed E-state index contributed by atoms with van der Waals surface area (Å²) in [4.78, 5) is 72.3. The van der Waals surface area contributed by atoms with Crippen molar-refractivity contribution < 1.29 is 80.2 Å². The molecule has 0 amide bonds. The van der Waals surface area contributed by atoms with E-state index in [-0.39, 0.29) is 25.7 Å². The van der Waals surface area contributed by atoms with Gasteiger partial charge in [-0.1, -0.05) is 267 Å². The van der Waals surface area contributed by atoms with Crippen LogP contribution in [0.4, 0.5) is 0 Å². The summed E-state index contributed by atoms with van der Waals surface area (Å²) < 4.78 is 68.1. The van der Waals surface area contributed by atoms with Gasteiger partial charge in [-0.15, -0.1) is 0 Å². The number of carbonyl (C=O) groups excluding carboxylic acids is 4. The Morgan fingerprint density at radius 1 is 0.329 bits per heavy atom. The van der Waals surface area contributed by atoms with Crippen LogP contribution < -0.4 is 0 Å². The van der Waals surface area contributed by atoms with Crippen LogP contribution in [0.3, 0.4) is 0 Å². The molecule has 504 valence electrons. The summed E-state index contributed by atoms with van der Waals surface area (Å²) in [5.41, 5.74) is 0. The van der Waals surface area contributed by atoms with Crippen LogP contribution in [0, 0.1) is 23.7 Å². The van der Waals surface area contributed by atoms with Gasteiger partial charge in [0, 0.05) is 25.7 Å². The van der Waals surface area contributed by atoms with E-state index in [1.54, 1.807) is 0 Å². The Morgan fingerprint density at radius 2 is 0.565 bits per heavy atom. The lowest BCUT2D eigenvalue weighted by Crippen LogP contribution is -2.30. The molecule has 3 N–H and O–H groups in total. The molecule has 5 unspecified atom stereocenters. The second-order valence-corrected chi connectivity index (χ2v) is 28.2. The highest BCUT2D eigenvalue weighted by Crippen LogP contribution is 2.45. The van der Waals surface area contributed by atoms with Gasteiger partial charge in [0.1, 0.15) is 19.3 Å². The number of ether oxygens (including phenoxy) is 4. The van der Waals surface area contributed by atoms with Gasteiger partial charge in [-0.25, -0.2) is 9.13 Å². The third-order valence-corrected chi connectivity index (χ3v) is 17.7. The molecule has 7 atom stereocenters. The standard InChI is InChI=1S/C66H128O17P2/c1-9-58(7)44-36-28-19-13-11-12-14-22-32-40-48-65(70)82-61(52-77-64(69)47-39-31-23-17-18-26-34-42-56(3)4)54-80-84(72,73)78-50-60(67)51-79-85(74,75)81-55-62(83-66(71)49-41-33-25-24-27-35-43-57(5)6)53-76-63(68)46-38-30-21-16-15-20-29-37-45-59(8)10-2/h56-62,67H,9-55H2,1-8H3,(H,72,73)(H,74,75)/t58?,59?,60?,61-,62-/m1/s1. The Hall–Kier alpha value is -1.94. The average Bonchev–Trinajstić information content (AvgIpc) is 3.47. The van der Waals surface area contributed by atoms with Crippen LogP contribution in [0.2, 0.25) is 0 Å². The maximum atomic E-state index is 13.0. The first-order valence-electron chi connectivity index (χ1n) is 34.3. The van der Waals surface area contributed by atoms with Crippen LogP contribution in [0.5, 0.6) is 0 Å². The minimum atomic E-state index is -4.95. The minimum absolute atomic E-state index is 0.101. The van der Waals surface area contributed by atoms with E-state index in [1.165, 1.54) is 116 Å². The predicted octanol–water partition coefficient (Wildman–Crippen LogP) is 18.1. The van der Waals surface area contributed by atoms with Gasteiger partial charge in [-0.2, -0.15) is 0 Å². The molecule has 0 heterocycles. The van der Waals surface area contributed by atoms with Gasteiger partial charge in [-0.05, 0) is 49.4 Å². The van der Waals surface area contributed by atoms with Gasteiger partial charge in [-0.3, -0.25) is 37.3 Å². The van der Waals surface area contributed by atoms with Crippen LogP contribution in [-0.2, 0) is 65.4 Å². The van der Waals surface area contributed by atoms with E-state index in [0.717, 1.165) is 108 Å². The van der Waals surface area contributed by atoms with Crippen molar-refractivity contribution in [3.05, 3.63) is 0 Å². The number of phosphoric acid groups is 2. The second kappa shape index (κ2) is 56.1. The number of rotatable bonds is 63. The number of hydrogen-bond donors (Lipinski definition) is 3. The number of phosphoric ester groups is 2. The number of unbranched alkanes of at least 4 members (excludes halogenated alkanes) is 27. The fourth-order valence-electron chi connectivity index (χ4n) is 9.72. The third-order valence-electron chi connectivity index (χ3n) is 15.8. The maximum Gasteiger partial charge on any atom is 0.472 e. The maximum absolute atomic E-state index is 13.0. The zero-order chi connectivity index (χ0) is 63.2. The van der Waals surface area contributed by atoms with Crippen LogP contribution in [0.1, 0.15) is 319 Å². The van der Waals surface area contributed by atoms with E-state index in [0.29, 0.717) is 37.5 Å². The van der Waals surface area contributed by atoms with Crippen molar-refractivity contribution in [1.82, 2.24) is 0 Å². The zero-order valence-corrected chi connectivity index (χ0v) is 57.0. The lowest BCUT2D eigenvalue weighted by molar-refractivity contribution is -0.161. The molecule has 0 saturated heterocycles. The molecule has 0 spiro atoms. The Morgan fingerprint density at radius 3 is 0.835 bits per heavy atom. The van der Waals surface area contributed by atoms with Crippen LogP contribution in [0.25, 0.3) is 0 Å². The molecular weight excluding hydrogens is 1130 g/mol. The van der Waals surface area contributed by atoms with Crippen molar-refractivity contribution in [1.29, 1.82) is 0 Å². The highest BCUT2D eigenvalue weighted by molar-refractivity contribution is 7.47. The summed E-state index contributed by atoms with van der Waals surface area (Å²) in [6.07, 6.45) is 36.3. The summed E-state index contributed by atoms with van der Waals surface area (Å²) in [6.45, 7) is 14.0. The van der Waals surface area contributed by atoms with Crippen LogP contribution >= 0.6 is 15.6 Å². The number of esters is 4.